The molecule has 2 aliphatic rings. The molecule has 0 amide bonds. The van der Waals surface area contributed by atoms with Gasteiger partial charge in [0, 0.05) is 29.1 Å². The van der Waals surface area contributed by atoms with Crippen LogP contribution in [0.1, 0.15) is 112 Å². The third kappa shape index (κ3) is 5.06. The van der Waals surface area contributed by atoms with Crippen molar-refractivity contribution in [1.82, 2.24) is 30.1 Å². The van der Waals surface area contributed by atoms with Crippen LogP contribution in [0.25, 0.3) is 10.9 Å². The molecule has 1 atom stereocenters. The second-order valence-corrected chi connectivity index (χ2v) is 10.9. The highest BCUT2D eigenvalue weighted by Crippen LogP contribution is 2.37. The third-order valence-electron chi connectivity index (χ3n) is 8.24. The fraction of sp³-hybridized carbons (Fsp3) is 0.643. The van der Waals surface area contributed by atoms with Gasteiger partial charge in [-0.1, -0.05) is 51.5 Å². The van der Waals surface area contributed by atoms with Gasteiger partial charge in [0.1, 0.15) is 0 Å². The van der Waals surface area contributed by atoms with E-state index in [1.807, 2.05) is 0 Å². The van der Waals surface area contributed by atoms with Gasteiger partial charge in [0.25, 0.3) is 5.56 Å². The van der Waals surface area contributed by atoms with Crippen molar-refractivity contribution in [3.63, 3.8) is 0 Å². The molecular weight excluding hydrogens is 436 g/mol. The number of nitrogens with one attached hydrogen (secondary N) is 1. The van der Waals surface area contributed by atoms with E-state index < -0.39 is 0 Å². The third-order valence-corrected chi connectivity index (χ3v) is 8.24. The van der Waals surface area contributed by atoms with Gasteiger partial charge in [-0.25, -0.2) is 4.68 Å². The Morgan fingerprint density at radius 2 is 1.80 bits per heavy atom. The zero-order chi connectivity index (χ0) is 24.4. The van der Waals surface area contributed by atoms with Crippen molar-refractivity contribution in [2.75, 3.05) is 0 Å². The van der Waals surface area contributed by atoms with Crippen LogP contribution in [0.5, 0.6) is 0 Å². The van der Waals surface area contributed by atoms with Crippen LogP contribution in [-0.2, 0) is 6.54 Å². The van der Waals surface area contributed by atoms with Crippen LogP contribution in [0.15, 0.2) is 23.0 Å². The number of aryl methyl sites for hydroxylation is 2. The van der Waals surface area contributed by atoms with Crippen molar-refractivity contribution in [3.8, 4) is 0 Å². The molecule has 2 heterocycles. The minimum Gasteiger partial charge on any atom is -0.322 e. The van der Waals surface area contributed by atoms with Crippen molar-refractivity contribution in [1.29, 1.82) is 0 Å². The van der Waals surface area contributed by atoms with Crippen molar-refractivity contribution < 1.29 is 0 Å². The van der Waals surface area contributed by atoms with Crippen LogP contribution >= 0.6 is 0 Å². The number of aromatic nitrogens is 5. The number of aromatic amines is 1. The average Bonchev–Trinajstić information content (AvgIpc) is 3.54. The van der Waals surface area contributed by atoms with Crippen molar-refractivity contribution in [3.05, 3.63) is 51.1 Å². The number of hydrogen-bond acceptors (Lipinski definition) is 5. The number of H-pyrrole nitrogens is 1. The summed E-state index contributed by atoms with van der Waals surface area (Å²) in [5, 5.41) is 14.4. The lowest BCUT2D eigenvalue weighted by molar-refractivity contribution is 0.0798. The van der Waals surface area contributed by atoms with Gasteiger partial charge in [-0.3, -0.25) is 9.69 Å². The van der Waals surface area contributed by atoms with Gasteiger partial charge >= 0.3 is 0 Å². The summed E-state index contributed by atoms with van der Waals surface area (Å²) < 4.78 is 2.13. The second-order valence-electron chi connectivity index (χ2n) is 10.9. The van der Waals surface area contributed by atoms with Gasteiger partial charge in [0.2, 0.25) is 0 Å². The van der Waals surface area contributed by atoms with Crippen molar-refractivity contribution >= 4 is 10.9 Å². The highest BCUT2D eigenvalue weighted by atomic mass is 16.1. The van der Waals surface area contributed by atoms with E-state index in [1.165, 1.54) is 56.1 Å². The van der Waals surface area contributed by atoms with E-state index in [0.717, 1.165) is 48.0 Å². The minimum absolute atomic E-state index is 0.0222. The minimum atomic E-state index is 0.0222. The maximum atomic E-state index is 13.3. The molecule has 2 aliphatic carbocycles. The van der Waals surface area contributed by atoms with Crippen LogP contribution in [0, 0.1) is 13.8 Å². The molecule has 7 nitrogen and oxygen atoms in total. The molecule has 7 heteroatoms. The van der Waals surface area contributed by atoms with E-state index in [2.05, 4.69) is 69.1 Å². The van der Waals surface area contributed by atoms with E-state index in [1.54, 1.807) is 0 Å². The predicted molar refractivity (Wildman–Crippen MR) is 139 cm³/mol. The maximum Gasteiger partial charge on any atom is 0.252 e. The number of fused-ring (bicyclic) bond motifs is 1. The molecule has 3 aromatic rings. The topological polar surface area (TPSA) is 79.7 Å². The summed E-state index contributed by atoms with van der Waals surface area (Å²) in [7, 11) is 0. The van der Waals surface area contributed by atoms with Gasteiger partial charge in [-0.15, -0.1) is 5.10 Å². The predicted octanol–water partition coefficient (Wildman–Crippen LogP) is 5.92. The highest BCUT2D eigenvalue weighted by molar-refractivity contribution is 5.83. The Bertz CT molecular complexity index is 1200. The molecule has 0 unspecified atom stereocenters. The molecular formula is C28H40N6O. The van der Waals surface area contributed by atoms with Gasteiger partial charge in [-0.05, 0) is 79.6 Å². The quantitative estimate of drug-likeness (QED) is 0.436. The maximum absolute atomic E-state index is 13.3. The van der Waals surface area contributed by atoms with Gasteiger partial charge in [0.05, 0.1) is 12.1 Å². The Balaban J connectivity index is 1.55. The van der Waals surface area contributed by atoms with E-state index in [0.29, 0.717) is 18.6 Å². The molecule has 35 heavy (non-hydrogen) atoms. The molecule has 5 rings (SSSR count). The number of tetrazole rings is 1. The first-order chi connectivity index (χ1) is 17.0. The highest BCUT2D eigenvalue weighted by Gasteiger charge is 2.34. The summed E-state index contributed by atoms with van der Waals surface area (Å²) in [6, 6.07) is 7.36. The fourth-order valence-corrected chi connectivity index (χ4v) is 6.48. The molecule has 2 aromatic heterocycles. The zero-order valence-corrected chi connectivity index (χ0v) is 21.6. The zero-order valence-electron chi connectivity index (χ0n) is 21.6. The summed E-state index contributed by atoms with van der Waals surface area (Å²) >= 11 is 0. The molecule has 2 saturated carbocycles. The molecule has 0 spiro atoms. The van der Waals surface area contributed by atoms with Gasteiger partial charge < -0.3 is 4.98 Å². The van der Waals surface area contributed by atoms with E-state index in [4.69, 9.17) is 0 Å². The molecule has 0 aliphatic heterocycles. The first kappa shape index (κ1) is 24.2. The number of benzene rings is 1. The Morgan fingerprint density at radius 3 is 2.54 bits per heavy atom. The standard InChI is InChI=1S/C28H40N6O/c1-4-10-26(27-30-31-32-34(27)23-13-8-9-14-23)33(22-11-6-5-7-12-22)18-21-17-24-20(3)15-19(2)16-25(24)29-28(21)35/h15-17,22-23,26H,4-14,18H2,1-3H3,(H,29,35)/t26-/m1/s1. The van der Waals surface area contributed by atoms with E-state index in [9.17, 15) is 4.79 Å². The Hall–Kier alpha value is -2.54. The fourth-order valence-electron chi connectivity index (χ4n) is 6.48. The lowest BCUT2D eigenvalue weighted by atomic mass is 9.91. The first-order valence-electron chi connectivity index (χ1n) is 13.7. The summed E-state index contributed by atoms with van der Waals surface area (Å²) in [5.74, 6) is 0.994. The normalized spacial score (nSPS) is 18.6. The number of pyridine rings is 1. The number of nitrogens with zero attached hydrogens (tertiary/aromatic N) is 5. The van der Waals surface area contributed by atoms with Gasteiger partial charge in [0.15, 0.2) is 5.82 Å². The lowest BCUT2D eigenvalue weighted by Gasteiger charge is -2.39. The van der Waals surface area contributed by atoms with Crippen molar-refractivity contribution in [2.45, 2.75) is 116 Å². The van der Waals surface area contributed by atoms with Crippen LogP contribution in [0.3, 0.4) is 0 Å². The van der Waals surface area contributed by atoms with E-state index in [-0.39, 0.29) is 11.6 Å². The van der Waals surface area contributed by atoms with Crippen LogP contribution in [0.2, 0.25) is 0 Å². The molecule has 1 N–H and O–H groups in total. The van der Waals surface area contributed by atoms with Gasteiger partial charge in [-0.2, -0.15) is 0 Å². The Kier molecular flexibility index (Phi) is 7.32. The molecule has 1 aromatic carbocycles. The van der Waals surface area contributed by atoms with Crippen LogP contribution in [-0.4, -0.2) is 36.1 Å². The Morgan fingerprint density at radius 1 is 1.06 bits per heavy atom. The average molecular weight is 477 g/mol. The van der Waals surface area contributed by atoms with Crippen molar-refractivity contribution in [2.24, 2.45) is 0 Å². The summed E-state index contributed by atoms with van der Waals surface area (Å²) in [5.41, 5.74) is 4.17. The SMILES string of the molecule is CCC[C@H](c1nnnn1C1CCCC1)N(Cc1cc2c(C)cc(C)cc2[nH]c1=O)C1CCCCC1. The first-order valence-corrected chi connectivity index (χ1v) is 13.7. The Labute approximate surface area is 208 Å². The number of rotatable bonds is 8. The number of hydrogen-bond donors (Lipinski definition) is 1. The molecule has 2 fully saturated rings. The smallest absolute Gasteiger partial charge is 0.252 e. The van der Waals surface area contributed by atoms with Crippen LogP contribution < -0.4 is 5.56 Å². The summed E-state index contributed by atoms with van der Waals surface area (Å²) in [4.78, 5) is 19.1. The monoisotopic (exact) mass is 476 g/mol. The molecule has 188 valence electrons. The molecule has 0 bridgehead atoms. The van der Waals surface area contributed by atoms with Crippen LogP contribution in [0.4, 0.5) is 0 Å². The van der Waals surface area contributed by atoms with E-state index >= 15 is 0 Å². The second kappa shape index (κ2) is 10.6. The largest absolute Gasteiger partial charge is 0.322 e. The summed E-state index contributed by atoms with van der Waals surface area (Å²) in [6.07, 6.45) is 13.0. The summed E-state index contributed by atoms with van der Waals surface area (Å²) in [6.45, 7) is 7.08. The lowest BCUT2D eigenvalue weighted by Crippen LogP contribution is -2.41. The molecule has 0 radical (unpaired) electrons. The molecule has 0 saturated heterocycles.